The molecule has 3 aromatic carbocycles. The Bertz CT molecular complexity index is 1350. The minimum Gasteiger partial charge on any atom is -0.454 e. The molecule has 0 aromatic heterocycles. The van der Waals surface area contributed by atoms with Crippen LogP contribution in [0.4, 0.5) is 5.69 Å². The monoisotopic (exact) mass is 520 g/mol. The minimum atomic E-state index is -0.551. The first kappa shape index (κ1) is 25.8. The van der Waals surface area contributed by atoms with Crippen molar-refractivity contribution in [3.63, 3.8) is 0 Å². The van der Waals surface area contributed by atoms with Gasteiger partial charge in [-0.1, -0.05) is 44.0 Å². The molecule has 7 nitrogen and oxygen atoms in total. The van der Waals surface area contributed by atoms with E-state index in [1.165, 1.54) is 0 Å². The molecule has 1 aliphatic heterocycles. The number of hydrogen-bond acceptors (Lipinski definition) is 5. The molecule has 3 N–H and O–H groups in total. The first-order valence-corrected chi connectivity index (χ1v) is 13.3. The number of rotatable bonds is 10. The van der Waals surface area contributed by atoms with Gasteiger partial charge in [0.15, 0.2) is 11.5 Å². The summed E-state index contributed by atoms with van der Waals surface area (Å²) in [5, 5.41) is 15.6. The number of unbranched alkanes of at least 4 members (excludes halogenated alkanes) is 1. The molecule has 0 bridgehead atoms. The van der Waals surface area contributed by atoms with Gasteiger partial charge in [-0.2, -0.15) is 0 Å². The first-order valence-electron chi connectivity index (χ1n) is 13.3. The second kappa shape index (κ2) is 10.9. The van der Waals surface area contributed by atoms with Crippen molar-refractivity contribution in [2.75, 3.05) is 18.7 Å². The van der Waals surface area contributed by atoms with Crippen molar-refractivity contribution < 1.29 is 28.4 Å². The Balaban J connectivity index is 0.00000196. The number of benzene rings is 3. The van der Waals surface area contributed by atoms with Crippen LogP contribution in [0.25, 0.3) is 11.1 Å². The summed E-state index contributed by atoms with van der Waals surface area (Å²) in [4.78, 5) is 26.0. The van der Waals surface area contributed by atoms with Gasteiger partial charge < -0.3 is 25.2 Å². The number of anilines is 1. The fourth-order valence-electron chi connectivity index (χ4n) is 4.96. The molecule has 3 aromatic rings. The normalized spacial score (nSPS) is 15.6. The molecule has 2 aliphatic rings. The minimum absolute atomic E-state index is 0. The fraction of sp³-hybridized carbons (Fsp3) is 0.355. The Morgan fingerprint density at radius 3 is 2.50 bits per heavy atom. The molecule has 0 radical (unpaired) electrons. The maximum Gasteiger partial charge on any atom is 0.251 e. The number of fused-ring (bicyclic) bond motifs is 1. The molecule has 0 unspecified atom stereocenters. The second-order valence-corrected chi connectivity index (χ2v) is 10.2. The third kappa shape index (κ3) is 5.24. The van der Waals surface area contributed by atoms with Crippen molar-refractivity contribution in [1.82, 2.24) is 5.32 Å². The highest BCUT2D eigenvalue weighted by Gasteiger charge is 2.51. The summed E-state index contributed by atoms with van der Waals surface area (Å²) in [6.45, 7) is 4.24. The van der Waals surface area contributed by atoms with Crippen molar-refractivity contribution in [2.24, 2.45) is 0 Å². The molecule has 2 amide bonds. The summed E-state index contributed by atoms with van der Waals surface area (Å²) in [6, 6.07) is 18.8. The number of carbonyl (C=O) groups is 2. The van der Waals surface area contributed by atoms with Gasteiger partial charge in [0.05, 0.1) is 18.1 Å². The predicted molar refractivity (Wildman–Crippen MR) is 153 cm³/mol. The third-order valence-electron chi connectivity index (χ3n) is 7.53. The van der Waals surface area contributed by atoms with Gasteiger partial charge in [0.1, 0.15) is 0 Å². The molecule has 204 valence electrons. The van der Waals surface area contributed by atoms with Gasteiger partial charge in [-0.15, -0.1) is 0 Å². The number of nitrogens with one attached hydrogen (secondary N) is 2. The number of aryl methyl sites for hydroxylation is 1. The van der Waals surface area contributed by atoms with E-state index in [1.54, 1.807) is 12.1 Å². The van der Waals surface area contributed by atoms with Gasteiger partial charge in [-0.05, 0) is 84.8 Å². The molecular formula is C31H40N2O5. The lowest BCUT2D eigenvalue weighted by Crippen LogP contribution is -2.37. The number of aliphatic hydroxyl groups is 1. The zero-order chi connectivity index (χ0) is 26.7. The van der Waals surface area contributed by atoms with E-state index < -0.39 is 5.41 Å². The van der Waals surface area contributed by atoms with E-state index in [1.807, 2.05) is 55.5 Å². The molecule has 7 heteroatoms. The van der Waals surface area contributed by atoms with Crippen LogP contribution in [0.5, 0.6) is 11.5 Å². The van der Waals surface area contributed by atoms with Crippen LogP contribution in [-0.4, -0.2) is 36.4 Å². The Kier molecular flexibility index (Phi) is 7.38. The van der Waals surface area contributed by atoms with E-state index in [9.17, 15) is 14.7 Å². The standard InChI is InChI=1S/C31H34N2O5.3H2/c1-3-4-5-25(18-34)32-29(35)22-9-7-21(8-10-22)26-17-24(12-6-20(26)2)33-30(36)31(14-15-31)23-11-13-27-28(16-23)38-19-37-27;;;/h6-13,16-17,25,34H,3-5,14-15,18-19H2,1-2H3,(H,32,35)(H,33,36);3*1H/t25-;;;/m0.../s1. The molecule has 1 fully saturated rings. The largest absolute Gasteiger partial charge is 0.454 e. The predicted octanol–water partition coefficient (Wildman–Crippen LogP) is 6.08. The molecule has 1 heterocycles. The van der Waals surface area contributed by atoms with Crippen molar-refractivity contribution in [3.05, 3.63) is 77.4 Å². The van der Waals surface area contributed by atoms with Crippen LogP contribution in [0.3, 0.4) is 0 Å². The maximum atomic E-state index is 13.4. The van der Waals surface area contributed by atoms with Crippen molar-refractivity contribution >= 4 is 17.5 Å². The van der Waals surface area contributed by atoms with Crippen molar-refractivity contribution in [3.8, 4) is 22.6 Å². The summed E-state index contributed by atoms with van der Waals surface area (Å²) >= 11 is 0. The summed E-state index contributed by atoms with van der Waals surface area (Å²) in [6.07, 6.45) is 4.30. The lowest BCUT2D eigenvalue weighted by atomic mass is 9.94. The molecular weight excluding hydrogens is 480 g/mol. The van der Waals surface area contributed by atoms with E-state index in [0.717, 1.165) is 60.0 Å². The van der Waals surface area contributed by atoms with E-state index in [0.29, 0.717) is 17.1 Å². The summed E-state index contributed by atoms with van der Waals surface area (Å²) in [7, 11) is 0. The maximum absolute atomic E-state index is 13.4. The van der Waals surface area contributed by atoms with Gasteiger partial charge >= 0.3 is 0 Å². The zero-order valence-electron chi connectivity index (χ0n) is 21.9. The van der Waals surface area contributed by atoms with Gasteiger partial charge in [-0.25, -0.2) is 0 Å². The highest BCUT2D eigenvalue weighted by Crippen LogP contribution is 2.51. The van der Waals surface area contributed by atoms with E-state index >= 15 is 0 Å². The van der Waals surface area contributed by atoms with Crippen LogP contribution >= 0.6 is 0 Å². The molecule has 1 aliphatic carbocycles. The molecule has 38 heavy (non-hydrogen) atoms. The van der Waals surface area contributed by atoms with Crippen molar-refractivity contribution in [2.45, 2.75) is 57.4 Å². The quantitative estimate of drug-likeness (QED) is 0.301. The molecule has 0 saturated heterocycles. The lowest BCUT2D eigenvalue weighted by Gasteiger charge is -2.18. The Hall–Kier alpha value is -3.84. The second-order valence-electron chi connectivity index (χ2n) is 10.2. The van der Waals surface area contributed by atoms with Gasteiger partial charge in [0, 0.05) is 15.5 Å². The van der Waals surface area contributed by atoms with E-state index in [2.05, 4.69) is 17.6 Å². The summed E-state index contributed by atoms with van der Waals surface area (Å²) in [5.74, 6) is 1.17. The fourth-order valence-corrected chi connectivity index (χ4v) is 4.96. The van der Waals surface area contributed by atoms with Gasteiger partial charge in [-0.3, -0.25) is 9.59 Å². The van der Waals surface area contributed by atoms with Crippen LogP contribution in [0.1, 0.15) is 64.8 Å². The number of ether oxygens (including phenoxy) is 2. The molecule has 0 spiro atoms. The van der Waals surface area contributed by atoms with Crippen molar-refractivity contribution in [1.29, 1.82) is 0 Å². The number of aliphatic hydroxyl groups excluding tert-OH is 1. The van der Waals surface area contributed by atoms with E-state index in [-0.39, 0.29) is 35.5 Å². The zero-order valence-corrected chi connectivity index (χ0v) is 21.9. The number of amides is 2. The highest BCUT2D eigenvalue weighted by molar-refractivity contribution is 6.02. The smallest absolute Gasteiger partial charge is 0.251 e. The van der Waals surface area contributed by atoms with E-state index in [4.69, 9.17) is 9.47 Å². The van der Waals surface area contributed by atoms with Crippen LogP contribution in [0.15, 0.2) is 60.7 Å². The Morgan fingerprint density at radius 1 is 1.03 bits per heavy atom. The topological polar surface area (TPSA) is 96.9 Å². The first-order chi connectivity index (χ1) is 18.4. The molecule has 1 atom stereocenters. The average Bonchev–Trinajstić information content (AvgIpc) is 3.62. The molecule has 1 saturated carbocycles. The number of hydrogen-bond donors (Lipinski definition) is 3. The highest BCUT2D eigenvalue weighted by atomic mass is 16.7. The van der Waals surface area contributed by atoms with Crippen LogP contribution in [-0.2, 0) is 10.2 Å². The summed E-state index contributed by atoms with van der Waals surface area (Å²) < 4.78 is 10.9. The SMILES string of the molecule is CCCC[C@@H](CO)NC(=O)c1ccc(-c2cc(NC(=O)C3(c4ccc5c(c4)OCO5)CC3)ccc2C)cc1.[HH].[HH].[HH]. The van der Waals surface area contributed by atoms with Crippen LogP contribution in [0, 0.1) is 6.92 Å². The number of carbonyl (C=O) groups excluding carboxylic acids is 2. The lowest BCUT2D eigenvalue weighted by molar-refractivity contribution is -0.118. The van der Waals surface area contributed by atoms with Crippen LogP contribution in [0.2, 0.25) is 0 Å². The summed E-state index contributed by atoms with van der Waals surface area (Å²) in [5.41, 5.74) is 4.67. The third-order valence-corrected chi connectivity index (χ3v) is 7.53. The van der Waals surface area contributed by atoms with Gasteiger partial charge in [0.25, 0.3) is 5.91 Å². The molecule has 5 rings (SSSR count). The average molecular weight is 521 g/mol. The van der Waals surface area contributed by atoms with Crippen LogP contribution < -0.4 is 20.1 Å². The Labute approximate surface area is 227 Å². The van der Waals surface area contributed by atoms with Gasteiger partial charge in [0.2, 0.25) is 12.7 Å². The Morgan fingerprint density at radius 2 is 1.79 bits per heavy atom.